The molecule has 2 aromatic heterocycles. The number of nitrogens with two attached hydrogens (primary N) is 1. The normalized spacial score (nSPS) is 11.1. The summed E-state index contributed by atoms with van der Waals surface area (Å²) in [6.07, 6.45) is 1.68. The van der Waals surface area contributed by atoms with Crippen LogP contribution in [0.1, 0.15) is 0 Å². The Morgan fingerprint density at radius 2 is 2.19 bits per heavy atom. The number of hydrogen-bond acceptors (Lipinski definition) is 3. The highest BCUT2D eigenvalue weighted by Gasteiger charge is 2.06. The van der Waals surface area contributed by atoms with Gasteiger partial charge < -0.3 is 10.7 Å². The second kappa shape index (κ2) is 3.10. The molecule has 1 aromatic carbocycles. The maximum absolute atomic E-state index is 5.75. The molecule has 3 N–H and O–H groups in total. The predicted molar refractivity (Wildman–Crippen MR) is 62.7 cm³/mol. The molecule has 3 rings (SSSR count). The van der Waals surface area contributed by atoms with E-state index in [1.165, 1.54) is 0 Å². The molecule has 0 aliphatic heterocycles. The van der Waals surface area contributed by atoms with Gasteiger partial charge in [-0.1, -0.05) is 6.07 Å². The summed E-state index contributed by atoms with van der Waals surface area (Å²) in [6, 6.07) is 7.83. The standard InChI is InChI=1S/C11H11N5/c1-16-11(12)5-9(15-16)7-2-3-8-10(4-7)14-6-13-8/h2-6H,12H2,1H3,(H,13,14). The third-order valence-electron chi connectivity index (χ3n) is 2.63. The highest BCUT2D eigenvalue weighted by molar-refractivity contribution is 5.80. The average molecular weight is 213 g/mol. The lowest BCUT2D eigenvalue weighted by Crippen LogP contribution is -1.96. The van der Waals surface area contributed by atoms with E-state index in [0.29, 0.717) is 5.82 Å². The number of anilines is 1. The zero-order valence-electron chi connectivity index (χ0n) is 8.81. The summed E-state index contributed by atoms with van der Waals surface area (Å²) in [5, 5.41) is 4.33. The fourth-order valence-electron chi connectivity index (χ4n) is 1.72. The lowest BCUT2D eigenvalue weighted by Gasteiger charge is -1.95. The quantitative estimate of drug-likeness (QED) is 0.644. The van der Waals surface area contributed by atoms with E-state index in [1.807, 2.05) is 31.3 Å². The van der Waals surface area contributed by atoms with Crippen molar-refractivity contribution in [3.63, 3.8) is 0 Å². The van der Waals surface area contributed by atoms with Crippen molar-refractivity contribution in [3.8, 4) is 11.3 Å². The summed E-state index contributed by atoms with van der Waals surface area (Å²) in [5.41, 5.74) is 9.61. The van der Waals surface area contributed by atoms with Crippen LogP contribution in [-0.2, 0) is 7.05 Å². The molecule has 0 spiro atoms. The first-order valence-electron chi connectivity index (χ1n) is 4.97. The van der Waals surface area contributed by atoms with Crippen LogP contribution in [0.4, 0.5) is 5.82 Å². The third-order valence-corrected chi connectivity index (χ3v) is 2.63. The second-order valence-corrected chi connectivity index (χ2v) is 3.71. The van der Waals surface area contributed by atoms with E-state index < -0.39 is 0 Å². The Labute approximate surface area is 91.9 Å². The molecule has 0 unspecified atom stereocenters. The van der Waals surface area contributed by atoms with Crippen LogP contribution in [0, 0.1) is 0 Å². The van der Waals surface area contributed by atoms with E-state index in [9.17, 15) is 0 Å². The minimum absolute atomic E-state index is 0.653. The molecule has 0 fully saturated rings. The van der Waals surface area contributed by atoms with Gasteiger partial charge in [0.25, 0.3) is 0 Å². The van der Waals surface area contributed by atoms with E-state index in [2.05, 4.69) is 15.1 Å². The monoisotopic (exact) mass is 213 g/mol. The molecular formula is C11H11N5. The summed E-state index contributed by atoms with van der Waals surface area (Å²) < 4.78 is 1.66. The largest absolute Gasteiger partial charge is 0.384 e. The topological polar surface area (TPSA) is 72.5 Å². The Hall–Kier alpha value is -2.30. The number of aromatic nitrogens is 4. The van der Waals surface area contributed by atoms with Gasteiger partial charge in [0.1, 0.15) is 5.82 Å². The molecule has 0 aliphatic carbocycles. The molecule has 2 heterocycles. The van der Waals surface area contributed by atoms with E-state index in [1.54, 1.807) is 11.0 Å². The van der Waals surface area contributed by atoms with Gasteiger partial charge in [0.05, 0.1) is 23.1 Å². The lowest BCUT2D eigenvalue weighted by atomic mass is 10.1. The van der Waals surface area contributed by atoms with Crippen molar-refractivity contribution < 1.29 is 0 Å². The van der Waals surface area contributed by atoms with Crippen molar-refractivity contribution in [1.29, 1.82) is 0 Å². The van der Waals surface area contributed by atoms with Gasteiger partial charge in [-0.15, -0.1) is 0 Å². The van der Waals surface area contributed by atoms with Gasteiger partial charge in [-0.25, -0.2) is 4.98 Å². The number of imidazole rings is 1. The van der Waals surface area contributed by atoms with Crippen LogP contribution >= 0.6 is 0 Å². The number of rotatable bonds is 1. The van der Waals surface area contributed by atoms with Gasteiger partial charge in [-0.3, -0.25) is 4.68 Å². The SMILES string of the molecule is Cn1nc(-c2ccc3nc[nH]c3c2)cc1N. The molecule has 3 aromatic rings. The Kier molecular flexibility index (Phi) is 1.73. The van der Waals surface area contributed by atoms with E-state index in [-0.39, 0.29) is 0 Å². The summed E-state index contributed by atoms with van der Waals surface area (Å²) in [7, 11) is 1.83. The molecule has 0 bridgehead atoms. The summed E-state index contributed by atoms with van der Waals surface area (Å²) >= 11 is 0. The van der Waals surface area contributed by atoms with Crippen LogP contribution in [0.2, 0.25) is 0 Å². The zero-order chi connectivity index (χ0) is 11.1. The van der Waals surface area contributed by atoms with Gasteiger partial charge in [0.15, 0.2) is 0 Å². The number of nitrogen functional groups attached to an aromatic ring is 1. The first kappa shape index (κ1) is 8.96. The minimum Gasteiger partial charge on any atom is -0.384 e. The number of aromatic amines is 1. The van der Waals surface area contributed by atoms with Gasteiger partial charge in [-0.2, -0.15) is 5.10 Å². The molecule has 0 saturated carbocycles. The number of hydrogen-bond donors (Lipinski definition) is 2. The van der Waals surface area contributed by atoms with Crippen LogP contribution in [0.3, 0.4) is 0 Å². The molecular weight excluding hydrogens is 202 g/mol. The first-order chi connectivity index (χ1) is 7.74. The van der Waals surface area contributed by atoms with E-state index >= 15 is 0 Å². The molecule has 5 nitrogen and oxygen atoms in total. The van der Waals surface area contributed by atoms with Crippen LogP contribution in [-0.4, -0.2) is 19.7 Å². The highest BCUT2D eigenvalue weighted by atomic mass is 15.3. The van der Waals surface area contributed by atoms with Crippen molar-refractivity contribution in [3.05, 3.63) is 30.6 Å². The van der Waals surface area contributed by atoms with Crippen molar-refractivity contribution >= 4 is 16.9 Å². The maximum Gasteiger partial charge on any atom is 0.121 e. The van der Waals surface area contributed by atoms with Crippen LogP contribution in [0.25, 0.3) is 22.3 Å². The summed E-state index contributed by atoms with van der Waals surface area (Å²) in [5.74, 6) is 0.653. The number of nitrogens with one attached hydrogen (secondary N) is 1. The van der Waals surface area contributed by atoms with Crippen LogP contribution in [0.15, 0.2) is 30.6 Å². The van der Waals surface area contributed by atoms with E-state index in [4.69, 9.17) is 5.73 Å². The molecule has 0 saturated heterocycles. The number of nitrogens with zero attached hydrogens (tertiary/aromatic N) is 3. The fraction of sp³-hybridized carbons (Fsp3) is 0.0909. The van der Waals surface area contributed by atoms with Gasteiger partial charge >= 0.3 is 0 Å². The highest BCUT2D eigenvalue weighted by Crippen LogP contribution is 2.22. The van der Waals surface area contributed by atoms with Crippen LogP contribution in [0.5, 0.6) is 0 Å². The fourth-order valence-corrected chi connectivity index (χ4v) is 1.72. The minimum atomic E-state index is 0.653. The first-order valence-corrected chi connectivity index (χ1v) is 4.97. The van der Waals surface area contributed by atoms with Gasteiger partial charge in [0, 0.05) is 18.7 Å². The molecule has 0 aliphatic rings. The second-order valence-electron chi connectivity index (χ2n) is 3.71. The molecule has 16 heavy (non-hydrogen) atoms. The summed E-state index contributed by atoms with van der Waals surface area (Å²) in [4.78, 5) is 7.24. The number of H-pyrrole nitrogens is 1. The Morgan fingerprint density at radius 3 is 2.94 bits per heavy atom. The lowest BCUT2D eigenvalue weighted by molar-refractivity contribution is 0.782. The maximum atomic E-state index is 5.75. The van der Waals surface area contributed by atoms with Crippen molar-refractivity contribution in [2.45, 2.75) is 0 Å². The Balaban J connectivity index is 2.17. The Morgan fingerprint density at radius 1 is 1.31 bits per heavy atom. The average Bonchev–Trinajstić information content (AvgIpc) is 2.85. The summed E-state index contributed by atoms with van der Waals surface area (Å²) in [6.45, 7) is 0. The number of benzene rings is 1. The molecule has 5 heteroatoms. The predicted octanol–water partition coefficient (Wildman–Crippen LogP) is 1.55. The number of aryl methyl sites for hydroxylation is 1. The number of fused-ring (bicyclic) bond motifs is 1. The molecule has 0 amide bonds. The van der Waals surface area contributed by atoms with Crippen molar-refractivity contribution in [2.75, 3.05) is 5.73 Å². The van der Waals surface area contributed by atoms with E-state index in [0.717, 1.165) is 22.3 Å². The van der Waals surface area contributed by atoms with Crippen molar-refractivity contribution in [2.24, 2.45) is 7.05 Å². The smallest absolute Gasteiger partial charge is 0.121 e. The zero-order valence-corrected chi connectivity index (χ0v) is 8.81. The molecule has 80 valence electrons. The van der Waals surface area contributed by atoms with Crippen molar-refractivity contribution in [1.82, 2.24) is 19.7 Å². The third kappa shape index (κ3) is 1.25. The van der Waals surface area contributed by atoms with Crippen LogP contribution < -0.4 is 5.73 Å². The van der Waals surface area contributed by atoms with Gasteiger partial charge in [-0.05, 0) is 12.1 Å². The Bertz CT molecular complexity index is 630. The molecule has 0 radical (unpaired) electrons. The molecule has 0 atom stereocenters. The van der Waals surface area contributed by atoms with Gasteiger partial charge in [0.2, 0.25) is 0 Å².